The smallest absolute Gasteiger partial charge is 0.324 e. The van der Waals surface area contributed by atoms with E-state index >= 15 is 0 Å². The summed E-state index contributed by atoms with van der Waals surface area (Å²) in [5.41, 5.74) is 0. The van der Waals surface area contributed by atoms with Gasteiger partial charge in [0.05, 0.1) is 6.10 Å². The predicted octanol–water partition coefficient (Wildman–Crippen LogP) is 2.16. The lowest BCUT2D eigenvalue weighted by molar-refractivity contribution is 0.0708. The lowest BCUT2D eigenvalue weighted by atomic mass is 9.90. The summed E-state index contributed by atoms with van der Waals surface area (Å²) in [6, 6.07) is 3.73. The van der Waals surface area contributed by atoms with Crippen molar-refractivity contribution in [2.75, 3.05) is 18.4 Å². The Morgan fingerprint density at radius 3 is 2.78 bits per heavy atom. The van der Waals surface area contributed by atoms with Crippen LogP contribution < -0.4 is 5.32 Å². The van der Waals surface area contributed by atoms with Crippen LogP contribution in [0, 0.1) is 12.8 Å². The van der Waals surface area contributed by atoms with Crippen molar-refractivity contribution in [3.8, 4) is 0 Å². The number of rotatable bonds is 3. The fourth-order valence-corrected chi connectivity index (χ4v) is 3.60. The van der Waals surface area contributed by atoms with E-state index in [1.165, 1.54) is 0 Å². The van der Waals surface area contributed by atoms with E-state index in [0.717, 1.165) is 23.5 Å². The molecular weight excluding hydrogens is 314 g/mol. The zero-order chi connectivity index (χ0) is 16.4. The van der Waals surface area contributed by atoms with Crippen LogP contribution in [0.5, 0.6) is 0 Å². The highest BCUT2D eigenvalue weighted by Crippen LogP contribution is 2.32. The summed E-state index contributed by atoms with van der Waals surface area (Å²) in [6.45, 7) is 3.09. The van der Waals surface area contributed by atoms with Crippen LogP contribution in [0.1, 0.15) is 29.6 Å². The van der Waals surface area contributed by atoms with E-state index in [0.29, 0.717) is 19.0 Å². The largest absolute Gasteiger partial charge is 0.387 e. The van der Waals surface area contributed by atoms with Crippen LogP contribution in [0.25, 0.3) is 0 Å². The van der Waals surface area contributed by atoms with E-state index in [-0.39, 0.29) is 11.9 Å². The van der Waals surface area contributed by atoms with E-state index in [4.69, 9.17) is 0 Å². The second-order valence-electron chi connectivity index (χ2n) is 5.82. The molecule has 1 unspecified atom stereocenters. The lowest BCUT2D eigenvalue weighted by Crippen LogP contribution is -2.42. The zero-order valence-corrected chi connectivity index (χ0v) is 14.1. The van der Waals surface area contributed by atoms with Gasteiger partial charge in [-0.3, -0.25) is 10.00 Å². The first-order chi connectivity index (χ1) is 11.0. The van der Waals surface area contributed by atoms with Gasteiger partial charge in [0.25, 0.3) is 0 Å². The number of nitrogens with zero attached hydrogens (tertiary/aromatic N) is 4. The Hall–Kier alpha value is -1.93. The van der Waals surface area contributed by atoms with Crippen molar-refractivity contribution in [1.29, 1.82) is 0 Å². The number of hydrogen-bond donors (Lipinski definition) is 2. The summed E-state index contributed by atoms with van der Waals surface area (Å²) in [7, 11) is 1.79. The quantitative estimate of drug-likeness (QED) is 0.900. The number of aryl methyl sites for hydroxylation is 2. The van der Waals surface area contributed by atoms with Gasteiger partial charge in [-0.15, -0.1) is 16.4 Å². The van der Waals surface area contributed by atoms with Crippen LogP contribution in [0.4, 0.5) is 10.7 Å². The van der Waals surface area contributed by atoms with Gasteiger partial charge >= 0.3 is 6.03 Å². The van der Waals surface area contributed by atoms with Crippen LogP contribution in [-0.4, -0.2) is 43.9 Å². The van der Waals surface area contributed by atoms with Crippen molar-refractivity contribution < 1.29 is 9.90 Å². The van der Waals surface area contributed by atoms with Gasteiger partial charge < -0.3 is 10.0 Å². The number of anilines is 1. The molecule has 124 valence electrons. The number of carbonyl (C=O) groups is 1. The Bertz CT molecular complexity index is 642. The second-order valence-corrected chi connectivity index (χ2v) is 6.80. The van der Waals surface area contributed by atoms with Crippen molar-refractivity contribution in [3.63, 3.8) is 0 Å². The number of amides is 2. The molecule has 1 aliphatic rings. The fourth-order valence-electron chi connectivity index (χ4n) is 2.80. The molecule has 2 aromatic rings. The van der Waals surface area contributed by atoms with Crippen LogP contribution in [-0.2, 0) is 7.05 Å². The second kappa shape index (κ2) is 6.67. The summed E-state index contributed by atoms with van der Waals surface area (Å²) < 4.78 is 1.62. The van der Waals surface area contributed by atoms with E-state index in [2.05, 4.69) is 15.4 Å². The molecule has 0 aliphatic carbocycles. The van der Waals surface area contributed by atoms with Crippen LogP contribution in [0.15, 0.2) is 17.5 Å². The van der Waals surface area contributed by atoms with Crippen molar-refractivity contribution in [3.05, 3.63) is 28.2 Å². The summed E-state index contributed by atoms with van der Waals surface area (Å²) in [6.07, 6.45) is 1.16. The normalized spacial score (nSPS) is 17.3. The number of piperidine rings is 1. The van der Waals surface area contributed by atoms with Crippen molar-refractivity contribution in [2.24, 2.45) is 13.0 Å². The number of aromatic nitrogens is 3. The van der Waals surface area contributed by atoms with Crippen LogP contribution in [0.3, 0.4) is 0 Å². The molecule has 3 heterocycles. The molecule has 2 amide bonds. The summed E-state index contributed by atoms with van der Waals surface area (Å²) >= 11 is 1.58. The van der Waals surface area contributed by atoms with E-state index in [9.17, 15) is 9.90 Å². The fraction of sp³-hybridized carbons (Fsp3) is 0.533. The molecule has 23 heavy (non-hydrogen) atoms. The van der Waals surface area contributed by atoms with E-state index in [1.54, 1.807) is 28.0 Å². The third-order valence-electron chi connectivity index (χ3n) is 4.31. The monoisotopic (exact) mass is 335 g/mol. The average Bonchev–Trinajstić information content (AvgIpc) is 3.17. The highest BCUT2D eigenvalue weighted by Gasteiger charge is 2.29. The molecule has 0 radical (unpaired) electrons. The molecular formula is C15H21N5O2S. The van der Waals surface area contributed by atoms with E-state index < -0.39 is 6.10 Å². The van der Waals surface area contributed by atoms with Gasteiger partial charge in [-0.25, -0.2) is 4.79 Å². The van der Waals surface area contributed by atoms with Crippen LogP contribution >= 0.6 is 11.3 Å². The summed E-state index contributed by atoms with van der Waals surface area (Å²) in [4.78, 5) is 19.2. The molecule has 3 rings (SSSR count). The number of hydrogen-bond acceptors (Lipinski definition) is 5. The molecule has 7 nitrogen and oxygen atoms in total. The number of thiophene rings is 1. The van der Waals surface area contributed by atoms with Gasteiger partial charge in [0.2, 0.25) is 5.95 Å². The third kappa shape index (κ3) is 3.53. The maximum Gasteiger partial charge on any atom is 0.324 e. The number of aliphatic hydroxyl groups is 1. The van der Waals surface area contributed by atoms with Crippen molar-refractivity contribution >= 4 is 23.3 Å². The molecule has 2 N–H and O–H groups in total. The molecule has 1 atom stereocenters. The van der Waals surface area contributed by atoms with Gasteiger partial charge in [-0.2, -0.15) is 4.98 Å². The Morgan fingerprint density at radius 2 is 2.22 bits per heavy atom. The van der Waals surface area contributed by atoms with E-state index in [1.807, 2.05) is 24.4 Å². The van der Waals surface area contributed by atoms with Gasteiger partial charge in [-0.05, 0) is 37.1 Å². The molecule has 0 spiro atoms. The third-order valence-corrected chi connectivity index (χ3v) is 5.25. The first kappa shape index (κ1) is 15.9. The highest BCUT2D eigenvalue weighted by molar-refractivity contribution is 7.10. The SMILES string of the molecule is Cc1nc(NC(=O)N2CCC(C(O)c3cccs3)CC2)nn1C. The van der Waals surface area contributed by atoms with Crippen molar-refractivity contribution in [2.45, 2.75) is 25.9 Å². The van der Waals surface area contributed by atoms with Gasteiger partial charge in [0, 0.05) is 25.0 Å². The number of carbonyl (C=O) groups excluding carboxylic acids is 1. The molecule has 0 saturated carbocycles. The van der Waals surface area contributed by atoms with Gasteiger partial charge in [0.15, 0.2) is 0 Å². The number of nitrogens with one attached hydrogen (secondary N) is 1. The predicted molar refractivity (Wildman–Crippen MR) is 88.3 cm³/mol. The number of likely N-dealkylation sites (tertiary alicyclic amines) is 1. The Morgan fingerprint density at radius 1 is 1.48 bits per heavy atom. The highest BCUT2D eigenvalue weighted by atomic mass is 32.1. The lowest BCUT2D eigenvalue weighted by Gasteiger charge is -2.33. The Labute approximate surface area is 138 Å². The van der Waals surface area contributed by atoms with Crippen LogP contribution in [0.2, 0.25) is 0 Å². The minimum absolute atomic E-state index is 0.181. The maximum absolute atomic E-state index is 12.3. The number of aliphatic hydroxyl groups excluding tert-OH is 1. The minimum atomic E-state index is -0.430. The maximum atomic E-state index is 12.3. The minimum Gasteiger partial charge on any atom is -0.387 e. The van der Waals surface area contributed by atoms with Crippen molar-refractivity contribution in [1.82, 2.24) is 19.7 Å². The number of urea groups is 1. The topological polar surface area (TPSA) is 83.3 Å². The zero-order valence-electron chi connectivity index (χ0n) is 13.3. The molecule has 1 fully saturated rings. The molecule has 1 aliphatic heterocycles. The molecule has 0 bridgehead atoms. The standard InChI is InChI=1S/C15H21N5O2S/c1-10-16-14(18-19(10)2)17-15(22)20-7-5-11(6-8-20)13(21)12-4-3-9-23-12/h3-4,9,11,13,21H,5-8H2,1-2H3,(H,17,18,22). The van der Waals surface area contributed by atoms with Gasteiger partial charge in [-0.1, -0.05) is 6.07 Å². The molecule has 2 aromatic heterocycles. The summed E-state index contributed by atoms with van der Waals surface area (Å²) in [5.74, 6) is 1.28. The van der Waals surface area contributed by atoms with Gasteiger partial charge in [0.1, 0.15) is 5.82 Å². The summed E-state index contributed by atoms with van der Waals surface area (Å²) in [5, 5.41) is 19.2. The Balaban J connectivity index is 1.53. The first-order valence-corrected chi connectivity index (χ1v) is 8.57. The average molecular weight is 335 g/mol. The molecule has 0 aromatic carbocycles. The first-order valence-electron chi connectivity index (χ1n) is 7.69. The molecule has 8 heteroatoms. The Kier molecular flexibility index (Phi) is 4.63. The molecule has 1 saturated heterocycles.